The number of nitrogens with one attached hydrogen (secondary N) is 2. The monoisotopic (exact) mass is 440 g/mol. The van der Waals surface area contributed by atoms with Gasteiger partial charge in [0.2, 0.25) is 0 Å². The van der Waals surface area contributed by atoms with Gasteiger partial charge in [-0.2, -0.15) is 0 Å². The number of hydrogen-bond acceptors (Lipinski definition) is 5. The molecule has 3 rings (SSSR count). The average Bonchev–Trinajstić information content (AvgIpc) is 2.82. The molecule has 7 heteroatoms. The number of ether oxygens (including phenoxy) is 3. The van der Waals surface area contributed by atoms with Gasteiger partial charge in [0.15, 0.2) is 5.96 Å². The predicted molar refractivity (Wildman–Crippen MR) is 128 cm³/mol. The standard InChI is InChI=1S/C25H36N4O3/c1-20-4-9-23(24(16-20)32-15-14-30-3)18-28-25(26-2)27-17-21-5-7-22(8-6-21)19-29-10-12-31-13-11-29/h4-9,16H,10-15,17-19H2,1-3H3,(H2,26,27,28). The summed E-state index contributed by atoms with van der Waals surface area (Å²) in [6, 6.07) is 15.0. The van der Waals surface area contributed by atoms with Crippen molar-refractivity contribution in [2.45, 2.75) is 26.6 Å². The Morgan fingerprint density at radius 1 is 1.00 bits per heavy atom. The molecule has 2 aromatic rings. The quantitative estimate of drug-likeness (QED) is 0.336. The number of hydrogen-bond donors (Lipinski definition) is 2. The van der Waals surface area contributed by atoms with Crippen molar-refractivity contribution in [1.82, 2.24) is 15.5 Å². The van der Waals surface area contributed by atoms with Gasteiger partial charge in [-0.1, -0.05) is 36.4 Å². The van der Waals surface area contributed by atoms with Gasteiger partial charge in [0.05, 0.1) is 19.8 Å². The molecule has 0 unspecified atom stereocenters. The summed E-state index contributed by atoms with van der Waals surface area (Å²) in [5.74, 6) is 1.63. The summed E-state index contributed by atoms with van der Waals surface area (Å²) in [6.45, 7) is 9.14. The van der Waals surface area contributed by atoms with Crippen LogP contribution >= 0.6 is 0 Å². The van der Waals surface area contributed by atoms with Crippen LogP contribution in [0.1, 0.15) is 22.3 Å². The first-order valence-corrected chi connectivity index (χ1v) is 11.2. The molecule has 2 aromatic carbocycles. The Balaban J connectivity index is 1.48. The van der Waals surface area contributed by atoms with Crippen LogP contribution in [-0.4, -0.2) is 64.5 Å². The smallest absolute Gasteiger partial charge is 0.191 e. The van der Waals surface area contributed by atoms with Crippen molar-refractivity contribution in [2.75, 3.05) is 53.7 Å². The zero-order valence-corrected chi connectivity index (χ0v) is 19.5. The second-order valence-corrected chi connectivity index (χ2v) is 7.94. The van der Waals surface area contributed by atoms with E-state index in [2.05, 4.69) is 69.9 Å². The Bertz CT molecular complexity index is 849. The molecule has 1 aliphatic rings. The average molecular weight is 441 g/mol. The Labute approximate surface area is 191 Å². The molecule has 1 heterocycles. The molecule has 7 nitrogen and oxygen atoms in total. The molecule has 0 atom stereocenters. The van der Waals surface area contributed by atoms with E-state index in [0.29, 0.717) is 26.3 Å². The van der Waals surface area contributed by atoms with Crippen LogP contribution in [0.2, 0.25) is 0 Å². The minimum absolute atomic E-state index is 0.529. The second kappa shape index (κ2) is 13.1. The summed E-state index contributed by atoms with van der Waals surface area (Å²) < 4.78 is 16.4. The number of rotatable bonds is 10. The largest absolute Gasteiger partial charge is 0.491 e. The van der Waals surface area contributed by atoms with E-state index in [1.807, 2.05) is 0 Å². The lowest BCUT2D eigenvalue weighted by Crippen LogP contribution is -2.36. The Hall–Kier alpha value is -2.61. The molecular weight excluding hydrogens is 404 g/mol. The van der Waals surface area contributed by atoms with Crippen molar-refractivity contribution in [1.29, 1.82) is 0 Å². The molecule has 0 saturated carbocycles. The van der Waals surface area contributed by atoms with Crippen LogP contribution in [0.15, 0.2) is 47.5 Å². The van der Waals surface area contributed by atoms with E-state index in [1.54, 1.807) is 14.2 Å². The molecule has 0 radical (unpaired) electrons. The minimum Gasteiger partial charge on any atom is -0.491 e. The fourth-order valence-corrected chi connectivity index (χ4v) is 3.54. The molecule has 32 heavy (non-hydrogen) atoms. The molecule has 174 valence electrons. The SMILES string of the molecule is CN=C(NCc1ccc(CN2CCOCC2)cc1)NCc1ccc(C)cc1OCCOC. The Kier molecular flexibility index (Phi) is 9.81. The lowest BCUT2D eigenvalue weighted by atomic mass is 10.1. The van der Waals surface area contributed by atoms with Crippen LogP contribution in [0.25, 0.3) is 0 Å². The van der Waals surface area contributed by atoms with Gasteiger partial charge >= 0.3 is 0 Å². The third kappa shape index (κ3) is 7.82. The minimum atomic E-state index is 0.529. The summed E-state index contributed by atoms with van der Waals surface area (Å²) in [4.78, 5) is 6.78. The van der Waals surface area contributed by atoms with Crippen LogP contribution in [0.3, 0.4) is 0 Å². The molecule has 0 bridgehead atoms. The summed E-state index contributed by atoms with van der Waals surface area (Å²) in [6.07, 6.45) is 0. The van der Waals surface area contributed by atoms with Crippen LogP contribution in [-0.2, 0) is 29.1 Å². The lowest BCUT2D eigenvalue weighted by molar-refractivity contribution is 0.0342. The Morgan fingerprint density at radius 3 is 2.44 bits per heavy atom. The highest BCUT2D eigenvalue weighted by Gasteiger charge is 2.10. The van der Waals surface area contributed by atoms with Crippen molar-refractivity contribution in [3.63, 3.8) is 0 Å². The number of morpholine rings is 1. The van der Waals surface area contributed by atoms with Crippen LogP contribution < -0.4 is 15.4 Å². The van der Waals surface area contributed by atoms with E-state index in [4.69, 9.17) is 14.2 Å². The van der Waals surface area contributed by atoms with E-state index < -0.39 is 0 Å². The van der Waals surface area contributed by atoms with E-state index in [1.165, 1.54) is 16.7 Å². The molecule has 0 amide bonds. The van der Waals surface area contributed by atoms with Gasteiger partial charge in [0, 0.05) is 52.4 Å². The summed E-state index contributed by atoms with van der Waals surface area (Å²) in [5, 5.41) is 6.77. The molecule has 1 aliphatic heterocycles. The van der Waals surface area contributed by atoms with E-state index >= 15 is 0 Å². The maximum atomic E-state index is 5.88. The summed E-state index contributed by atoms with van der Waals surface area (Å²) in [7, 11) is 3.46. The summed E-state index contributed by atoms with van der Waals surface area (Å²) >= 11 is 0. The fourth-order valence-electron chi connectivity index (χ4n) is 3.54. The molecule has 1 fully saturated rings. The third-order valence-electron chi connectivity index (χ3n) is 5.43. The van der Waals surface area contributed by atoms with Gasteiger partial charge in [-0.3, -0.25) is 9.89 Å². The number of nitrogens with zero attached hydrogens (tertiary/aromatic N) is 2. The highest BCUT2D eigenvalue weighted by molar-refractivity contribution is 5.79. The van der Waals surface area contributed by atoms with Gasteiger partial charge in [0.25, 0.3) is 0 Å². The zero-order valence-electron chi connectivity index (χ0n) is 19.5. The van der Waals surface area contributed by atoms with Crippen LogP contribution in [0.4, 0.5) is 0 Å². The molecular formula is C25H36N4O3. The zero-order chi connectivity index (χ0) is 22.6. The third-order valence-corrected chi connectivity index (χ3v) is 5.43. The van der Waals surface area contributed by atoms with Gasteiger partial charge in [-0.25, -0.2) is 0 Å². The van der Waals surface area contributed by atoms with E-state index in [-0.39, 0.29) is 0 Å². The van der Waals surface area contributed by atoms with Crippen molar-refractivity contribution in [3.05, 3.63) is 64.7 Å². The van der Waals surface area contributed by atoms with Gasteiger partial charge in [0.1, 0.15) is 12.4 Å². The normalized spacial score (nSPS) is 14.9. The predicted octanol–water partition coefficient (Wildman–Crippen LogP) is 2.72. The number of aryl methyl sites for hydroxylation is 1. The van der Waals surface area contributed by atoms with Crippen molar-refractivity contribution >= 4 is 5.96 Å². The second-order valence-electron chi connectivity index (χ2n) is 7.94. The maximum Gasteiger partial charge on any atom is 0.191 e. The number of guanidine groups is 1. The topological polar surface area (TPSA) is 67.4 Å². The highest BCUT2D eigenvalue weighted by atomic mass is 16.5. The van der Waals surface area contributed by atoms with E-state index in [0.717, 1.165) is 50.1 Å². The van der Waals surface area contributed by atoms with Gasteiger partial charge in [-0.15, -0.1) is 0 Å². The molecule has 2 N–H and O–H groups in total. The number of aliphatic imine (C=N–C) groups is 1. The highest BCUT2D eigenvalue weighted by Crippen LogP contribution is 2.20. The number of methoxy groups -OCH3 is 1. The lowest BCUT2D eigenvalue weighted by Gasteiger charge is -2.26. The maximum absolute atomic E-state index is 5.88. The van der Waals surface area contributed by atoms with Gasteiger partial charge in [-0.05, 0) is 29.7 Å². The first kappa shape index (κ1) is 24.0. The van der Waals surface area contributed by atoms with E-state index in [9.17, 15) is 0 Å². The van der Waals surface area contributed by atoms with Crippen LogP contribution in [0.5, 0.6) is 5.75 Å². The molecule has 0 spiro atoms. The van der Waals surface area contributed by atoms with Crippen molar-refractivity contribution in [3.8, 4) is 5.75 Å². The molecule has 1 saturated heterocycles. The van der Waals surface area contributed by atoms with Crippen molar-refractivity contribution in [2.24, 2.45) is 4.99 Å². The Morgan fingerprint density at radius 2 is 1.72 bits per heavy atom. The van der Waals surface area contributed by atoms with Gasteiger partial charge < -0.3 is 24.8 Å². The first-order valence-electron chi connectivity index (χ1n) is 11.2. The molecule has 0 aromatic heterocycles. The van der Waals surface area contributed by atoms with Crippen LogP contribution in [0, 0.1) is 6.92 Å². The first-order chi connectivity index (χ1) is 15.7. The van der Waals surface area contributed by atoms with Crippen molar-refractivity contribution < 1.29 is 14.2 Å². The fraction of sp³-hybridized carbons (Fsp3) is 0.480. The number of benzene rings is 2. The molecule has 0 aliphatic carbocycles. The summed E-state index contributed by atoms with van der Waals surface area (Å²) in [5.41, 5.74) is 4.80.